The monoisotopic (exact) mass is 252 g/mol. The molecule has 1 atom stereocenters. The van der Waals surface area contributed by atoms with Crippen LogP contribution in [0, 0.1) is 11.8 Å². The Morgan fingerprint density at radius 3 is 2.44 bits per heavy atom. The molecule has 2 amide bonds. The quantitative estimate of drug-likeness (QED) is 0.825. The number of carbonyl (C=O) groups excluding carboxylic acids is 2. The van der Waals surface area contributed by atoms with E-state index >= 15 is 0 Å². The molecular weight excluding hydrogens is 228 g/mol. The lowest BCUT2D eigenvalue weighted by molar-refractivity contribution is -0.156. The van der Waals surface area contributed by atoms with Gasteiger partial charge in [0.1, 0.15) is 11.6 Å². The van der Waals surface area contributed by atoms with E-state index in [4.69, 9.17) is 0 Å². The highest BCUT2D eigenvalue weighted by Gasteiger charge is 2.47. The molecular formula is C14H24N2O2. The summed E-state index contributed by atoms with van der Waals surface area (Å²) in [6.07, 6.45) is 3.60. The van der Waals surface area contributed by atoms with Crippen molar-refractivity contribution in [2.75, 3.05) is 6.54 Å². The zero-order valence-corrected chi connectivity index (χ0v) is 11.8. The van der Waals surface area contributed by atoms with Gasteiger partial charge in [-0.25, -0.2) is 0 Å². The van der Waals surface area contributed by atoms with Gasteiger partial charge in [0.05, 0.1) is 0 Å². The predicted octanol–water partition coefficient (Wildman–Crippen LogP) is 1.55. The molecule has 2 aliphatic rings. The van der Waals surface area contributed by atoms with Crippen LogP contribution in [-0.2, 0) is 9.59 Å². The van der Waals surface area contributed by atoms with Gasteiger partial charge in [-0.3, -0.25) is 9.59 Å². The molecule has 1 aliphatic heterocycles. The number of rotatable bonds is 4. The first-order chi connectivity index (χ1) is 8.34. The molecule has 0 aromatic rings. The summed E-state index contributed by atoms with van der Waals surface area (Å²) in [6, 6.07) is -0.357. The molecule has 18 heavy (non-hydrogen) atoms. The lowest BCUT2D eigenvalue weighted by atomic mass is 9.91. The molecule has 1 unspecified atom stereocenters. The first-order valence-corrected chi connectivity index (χ1v) is 6.96. The van der Waals surface area contributed by atoms with Gasteiger partial charge in [-0.05, 0) is 32.1 Å². The number of piperazine rings is 1. The maximum Gasteiger partial charge on any atom is 0.246 e. The van der Waals surface area contributed by atoms with Gasteiger partial charge >= 0.3 is 0 Å². The van der Waals surface area contributed by atoms with Crippen molar-refractivity contribution in [1.29, 1.82) is 0 Å². The van der Waals surface area contributed by atoms with Crippen LogP contribution in [0.25, 0.3) is 0 Å². The summed E-state index contributed by atoms with van der Waals surface area (Å²) in [5, 5.41) is 2.86. The molecule has 2 rings (SSSR count). The Morgan fingerprint density at radius 2 is 1.94 bits per heavy atom. The van der Waals surface area contributed by atoms with Gasteiger partial charge in [0.15, 0.2) is 0 Å². The van der Waals surface area contributed by atoms with Crippen molar-refractivity contribution >= 4 is 11.8 Å². The maximum absolute atomic E-state index is 12.5. The van der Waals surface area contributed by atoms with Crippen LogP contribution in [0.5, 0.6) is 0 Å². The second kappa shape index (κ2) is 4.56. The van der Waals surface area contributed by atoms with Crippen molar-refractivity contribution in [1.82, 2.24) is 10.2 Å². The molecule has 2 fully saturated rings. The van der Waals surface area contributed by atoms with E-state index in [2.05, 4.69) is 5.32 Å². The first-order valence-electron chi connectivity index (χ1n) is 6.96. The molecule has 4 nitrogen and oxygen atoms in total. The van der Waals surface area contributed by atoms with Crippen LogP contribution in [0.3, 0.4) is 0 Å². The van der Waals surface area contributed by atoms with E-state index in [1.165, 1.54) is 12.8 Å². The number of nitrogens with one attached hydrogen (secondary N) is 1. The number of carbonyl (C=O) groups is 2. The van der Waals surface area contributed by atoms with E-state index in [1.54, 1.807) is 4.90 Å². The van der Waals surface area contributed by atoms with Crippen LogP contribution >= 0.6 is 0 Å². The van der Waals surface area contributed by atoms with Crippen LogP contribution in [0.1, 0.15) is 47.0 Å². The molecule has 0 spiro atoms. The molecule has 0 bridgehead atoms. The Hall–Kier alpha value is -1.06. The highest BCUT2D eigenvalue weighted by Crippen LogP contribution is 2.34. The van der Waals surface area contributed by atoms with Gasteiger partial charge in [0.25, 0.3) is 0 Å². The summed E-state index contributed by atoms with van der Waals surface area (Å²) in [6.45, 7) is 8.33. The molecule has 0 aromatic carbocycles. The predicted molar refractivity (Wildman–Crippen MR) is 69.9 cm³/mol. The fourth-order valence-electron chi connectivity index (χ4n) is 2.51. The summed E-state index contributed by atoms with van der Waals surface area (Å²) in [5.41, 5.74) is -0.711. The lowest BCUT2D eigenvalue weighted by Crippen LogP contribution is -2.69. The van der Waals surface area contributed by atoms with E-state index in [1.807, 2.05) is 27.7 Å². The van der Waals surface area contributed by atoms with Crippen molar-refractivity contribution in [2.24, 2.45) is 11.8 Å². The van der Waals surface area contributed by atoms with Gasteiger partial charge < -0.3 is 10.2 Å². The molecule has 1 N–H and O–H groups in total. The number of hydrogen-bond acceptors (Lipinski definition) is 2. The Labute approximate surface area is 109 Å². The van der Waals surface area contributed by atoms with Crippen LogP contribution in [-0.4, -0.2) is 34.8 Å². The average molecular weight is 252 g/mol. The third kappa shape index (κ3) is 2.38. The minimum Gasteiger partial charge on any atom is -0.342 e. The largest absolute Gasteiger partial charge is 0.342 e. The number of amides is 2. The van der Waals surface area contributed by atoms with E-state index in [0.717, 1.165) is 12.3 Å². The second-order valence-electron chi connectivity index (χ2n) is 6.48. The topological polar surface area (TPSA) is 49.4 Å². The fraction of sp³-hybridized carbons (Fsp3) is 0.857. The summed E-state index contributed by atoms with van der Waals surface area (Å²) < 4.78 is 0. The molecule has 1 heterocycles. The van der Waals surface area contributed by atoms with Gasteiger partial charge in [-0.2, -0.15) is 0 Å². The van der Waals surface area contributed by atoms with Crippen molar-refractivity contribution in [3.8, 4) is 0 Å². The van der Waals surface area contributed by atoms with Crippen LogP contribution in [0.4, 0.5) is 0 Å². The van der Waals surface area contributed by atoms with E-state index in [0.29, 0.717) is 6.54 Å². The van der Waals surface area contributed by atoms with E-state index in [9.17, 15) is 9.59 Å². The third-order valence-corrected chi connectivity index (χ3v) is 4.17. The van der Waals surface area contributed by atoms with Crippen LogP contribution < -0.4 is 5.32 Å². The molecule has 1 aliphatic carbocycles. The van der Waals surface area contributed by atoms with Crippen molar-refractivity contribution < 1.29 is 9.59 Å². The van der Waals surface area contributed by atoms with Crippen LogP contribution in [0.15, 0.2) is 0 Å². The minimum atomic E-state index is -0.711. The molecule has 1 saturated heterocycles. The highest BCUT2D eigenvalue weighted by atomic mass is 16.2. The smallest absolute Gasteiger partial charge is 0.246 e. The lowest BCUT2D eigenvalue weighted by Gasteiger charge is -2.45. The zero-order chi connectivity index (χ0) is 13.5. The first kappa shape index (κ1) is 13.4. The molecule has 0 radical (unpaired) electrons. The molecule has 0 aromatic heterocycles. The van der Waals surface area contributed by atoms with Crippen molar-refractivity contribution in [3.05, 3.63) is 0 Å². The van der Waals surface area contributed by atoms with Gasteiger partial charge in [0, 0.05) is 6.54 Å². The summed E-state index contributed by atoms with van der Waals surface area (Å²) >= 11 is 0. The summed E-state index contributed by atoms with van der Waals surface area (Å²) in [7, 11) is 0. The SMILES string of the molecule is CC(C)C1NC(=O)C(C)(C)N(CCC2CC2)C1=O. The molecule has 1 saturated carbocycles. The van der Waals surface area contributed by atoms with Crippen molar-refractivity contribution in [3.63, 3.8) is 0 Å². The van der Waals surface area contributed by atoms with Crippen molar-refractivity contribution in [2.45, 2.75) is 58.5 Å². The summed E-state index contributed by atoms with van der Waals surface area (Å²) in [5.74, 6) is 0.962. The van der Waals surface area contributed by atoms with Gasteiger partial charge in [-0.1, -0.05) is 26.7 Å². The van der Waals surface area contributed by atoms with Gasteiger partial charge in [0.2, 0.25) is 11.8 Å². The Balaban J connectivity index is 2.13. The number of hydrogen-bond donors (Lipinski definition) is 1. The Morgan fingerprint density at radius 1 is 1.33 bits per heavy atom. The fourth-order valence-corrected chi connectivity index (χ4v) is 2.51. The van der Waals surface area contributed by atoms with E-state index < -0.39 is 5.54 Å². The normalized spacial score (nSPS) is 27.6. The highest BCUT2D eigenvalue weighted by molar-refractivity contribution is 5.99. The Kier molecular flexibility index (Phi) is 3.39. The minimum absolute atomic E-state index is 0.0309. The number of nitrogens with zero attached hydrogens (tertiary/aromatic N) is 1. The zero-order valence-electron chi connectivity index (χ0n) is 11.8. The average Bonchev–Trinajstić information content (AvgIpc) is 3.06. The van der Waals surface area contributed by atoms with E-state index in [-0.39, 0.29) is 23.8 Å². The van der Waals surface area contributed by atoms with Gasteiger partial charge in [-0.15, -0.1) is 0 Å². The third-order valence-electron chi connectivity index (χ3n) is 4.17. The molecule has 4 heteroatoms. The molecule has 102 valence electrons. The second-order valence-corrected chi connectivity index (χ2v) is 6.48. The standard InChI is InChI=1S/C14H24N2O2/c1-9(2)11-12(17)16(8-7-10-5-6-10)14(3,4)13(18)15-11/h9-11H,5-8H2,1-4H3,(H,15,18). The Bertz CT molecular complexity index is 359. The maximum atomic E-state index is 12.5. The summed E-state index contributed by atoms with van der Waals surface area (Å²) in [4.78, 5) is 26.4. The van der Waals surface area contributed by atoms with Crippen LogP contribution in [0.2, 0.25) is 0 Å².